The fraction of sp³-hybridized carbons (Fsp3) is 0.214. The minimum atomic E-state index is -4.42. The quantitative estimate of drug-likeness (QED) is 0.916. The molecule has 0 fully saturated rings. The molecular weight excluding hydrogens is 281 g/mol. The summed E-state index contributed by atoms with van der Waals surface area (Å²) < 4.78 is 38.2. The first kappa shape index (κ1) is 14.8. The number of benzene rings is 1. The third kappa shape index (κ3) is 3.48. The van der Waals surface area contributed by atoms with Crippen LogP contribution in [0.1, 0.15) is 22.5 Å². The lowest BCUT2D eigenvalue weighted by molar-refractivity contribution is -0.137. The molecule has 2 aromatic rings. The molecule has 4 nitrogen and oxygen atoms in total. The number of rotatable bonds is 2. The molecule has 1 aromatic carbocycles. The molecule has 0 amide bonds. The fourth-order valence-corrected chi connectivity index (χ4v) is 1.74. The van der Waals surface area contributed by atoms with Crippen molar-refractivity contribution >= 4 is 11.6 Å². The van der Waals surface area contributed by atoms with Crippen molar-refractivity contribution in [3.8, 4) is 6.07 Å². The Morgan fingerprint density at radius 1 is 1.14 bits per heavy atom. The van der Waals surface area contributed by atoms with Crippen LogP contribution in [-0.2, 0) is 6.18 Å². The van der Waals surface area contributed by atoms with E-state index in [4.69, 9.17) is 5.26 Å². The van der Waals surface area contributed by atoms with Gasteiger partial charge in [0.1, 0.15) is 11.8 Å². The fourth-order valence-electron chi connectivity index (χ4n) is 1.74. The third-order valence-electron chi connectivity index (χ3n) is 2.78. The van der Waals surface area contributed by atoms with E-state index in [9.17, 15) is 13.2 Å². The van der Waals surface area contributed by atoms with E-state index in [1.165, 1.54) is 12.1 Å². The molecule has 7 heteroatoms. The second-order valence-corrected chi connectivity index (χ2v) is 4.48. The van der Waals surface area contributed by atoms with Crippen molar-refractivity contribution in [2.24, 2.45) is 0 Å². The summed E-state index contributed by atoms with van der Waals surface area (Å²) >= 11 is 0. The number of aromatic nitrogens is 2. The average Bonchev–Trinajstić information content (AvgIpc) is 2.39. The standard InChI is InChI=1S/C14H11F3N4/c1-8-3-4-10(14(15,16)17)6-12(8)21-13-19-9(2)5-11(7-18)20-13/h3-6H,1-2H3,(H,19,20,21). The Morgan fingerprint density at radius 3 is 2.48 bits per heavy atom. The molecule has 0 saturated heterocycles. The molecule has 1 heterocycles. The van der Waals surface area contributed by atoms with Crippen molar-refractivity contribution in [2.45, 2.75) is 20.0 Å². The van der Waals surface area contributed by atoms with Gasteiger partial charge in [0.15, 0.2) is 0 Å². The van der Waals surface area contributed by atoms with E-state index in [0.29, 0.717) is 11.3 Å². The Morgan fingerprint density at radius 2 is 1.86 bits per heavy atom. The molecule has 1 aromatic heterocycles. The molecule has 21 heavy (non-hydrogen) atoms. The van der Waals surface area contributed by atoms with Crippen LogP contribution in [0, 0.1) is 25.2 Å². The minimum Gasteiger partial charge on any atom is -0.324 e. The van der Waals surface area contributed by atoms with Crippen molar-refractivity contribution in [1.29, 1.82) is 5.26 Å². The summed E-state index contributed by atoms with van der Waals surface area (Å²) in [6.45, 7) is 3.34. The lowest BCUT2D eigenvalue weighted by atomic mass is 10.1. The Bertz CT molecular complexity index is 717. The molecule has 1 N–H and O–H groups in total. The van der Waals surface area contributed by atoms with Crippen LogP contribution in [0.3, 0.4) is 0 Å². The predicted molar refractivity (Wildman–Crippen MR) is 70.9 cm³/mol. The maximum Gasteiger partial charge on any atom is 0.416 e. The summed E-state index contributed by atoms with van der Waals surface area (Å²) in [7, 11) is 0. The number of aryl methyl sites for hydroxylation is 2. The van der Waals surface area contributed by atoms with Gasteiger partial charge in [-0.1, -0.05) is 6.07 Å². The first-order valence-corrected chi connectivity index (χ1v) is 6.00. The van der Waals surface area contributed by atoms with E-state index in [1.54, 1.807) is 13.8 Å². The molecule has 2 rings (SSSR count). The first-order chi connectivity index (χ1) is 9.79. The van der Waals surface area contributed by atoms with Crippen molar-refractivity contribution in [2.75, 3.05) is 5.32 Å². The molecule has 0 unspecified atom stereocenters. The Balaban J connectivity index is 2.40. The number of nitriles is 1. The van der Waals surface area contributed by atoms with Gasteiger partial charge in [-0.05, 0) is 37.6 Å². The van der Waals surface area contributed by atoms with Gasteiger partial charge >= 0.3 is 6.18 Å². The molecule has 0 aliphatic heterocycles. The smallest absolute Gasteiger partial charge is 0.324 e. The Labute approximate surface area is 119 Å². The number of anilines is 2. The Hall–Kier alpha value is -2.62. The second-order valence-electron chi connectivity index (χ2n) is 4.48. The summed E-state index contributed by atoms with van der Waals surface area (Å²) in [6, 6.07) is 6.74. The van der Waals surface area contributed by atoms with Gasteiger partial charge in [0.25, 0.3) is 0 Å². The maximum atomic E-state index is 12.7. The van der Waals surface area contributed by atoms with E-state index in [2.05, 4.69) is 15.3 Å². The molecule has 108 valence electrons. The number of nitrogens with zero attached hydrogens (tertiary/aromatic N) is 3. The molecule has 0 aliphatic carbocycles. The summed E-state index contributed by atoms with van der Waals surface area (Å²) in [5, 5.41) is 11.6. The highest BCUT2D eigenvalue weighted by Crippen LogP contribution is 2.32. The van der Waals surface area contributed by atoms with Gasteiger partial charge in [-0.25, -0.2) is 9.97 Å². The number of halogens is 3. The van der Waals surface area contributed by atoms with E-state index in [-0.39, 0.29) is 17.3 Å². The molecule has 0 atom stereocenters. The lowest BCUT2D eigenvalue weighted by Crippen LogP contribution is -2.07. The van der Waals surface area contributed by atoms with Gasteiger partial charge in [-0.3, -0.25) is 0 Å². The summed E-state index contributed by atoms with van der Waals surface area (Å²) in [5.41, 5.74) is 0.804. The van der Waals surface area contributed by atoms with Crippen LogP contribution in [-0.4, -0.2) is 9.97 Å². The molecule has 0 bridgehead atoms. The lowest BCUT2D eigenvalue weighted by Gasteiger charge is -2.12. The van der Waals surface area contributed by atoms with E-state index in [1.807, 2.05) is 6.07 Å². The third-order valence-corrected chi connectivity index (χ3v) is 2.78. The second kappa shape index (κ2) is 5.40. The van der Waals surface area contributed by atoms with E-state index >= 15 is 0 Å². The zero-order valence-electron chi connectivity index (χ0n) is 11.3. The van der Waals surface area contributed by atoms with Gasteiger partial charge in [0.05, 0.1) is 5.56 Å². The first-order valence-electron chi connectivity index (χ1n) is 6.00. The molecular formula is C14H11F3N4. The van der Waals surface area contributed by atoms with Crippen LogP contribution in [0.15, 0.2) is 24.3 Å². The van der Waals surface area contributed by atoms with Gasteiger partial charge in [0.2, 0.25) is 5.95 Å². The largest absolute Gasteiger partial charge is 0.416 e. The summed E-state index contributed by atoms with van der Waals surface area (Å²) in [6.07, 6.45) is -4.42. The average molecular weight is 292 g/mol. The van der Waals surface area contributed by atoms with Crippen LogP contribution in [0.2, 0.25) is 0 Å². The minimum absolute atomic E-state index is 0.0916. The van der Waals surface area contributed by atoms with Crippen LogP contribution in [0.5, 0.6) is 0 Å². The number of hydrogen-bond acceptors (Lipinski definition) is 4. The monoisotopic (exact) mass is 292 g/mol. The van der Waals surface area contributed by atoms with Crippen LogP contribution < -0.4 is 5.32 Å². The highest BCUT2D eigenvalue weighted by atomic mass is 19.4. The maximum absolute atomic E-state index is 12.7. The summed E-state index contributed by atoms with van der Waals surface area (Å²) in [5.74, 6) is 0.0916. The Kier molecular flexibility index (Phi) is 3.80. The van der Waals surface area contributed by atoms with Gasteiger partial charge < -0.3 is 5.32 Å². The molecule has 0 spiro atoms. The van der Waals surface area contributed by atoms with Crippen molar-refractivity contribution in [3.05, 3.63) is 46.8 Å². The number of nitrogens with one attached hydrogen (secondary N) is 1. The number of hydrogen-bond donors (Lipinski definition) is 1. The number of alkyl halides is 3. The van der Waals surface area contributed by atoms with Crippen LogP contribution in [0.25, 0.3) is 0 Å². The normalized spacial score (nSPS) is 11.0. The van der Waals surface area contributed by atoms with Gasteiger partial charge in [-0.15, -0.1) is 0 Å². The van der Waals surface area contributed by atoms with Gasteiger partial charge in [-0.2, -0.15) is 18.4 Å². The topological polar surface area (TPSA) is 61.6 Å². The zero-order chi connectivity index (χ0) is 15.6. The van der Waals surface area contributed by atoms with E-state index in [0.717, 1.165) is 12.1 Å². The molecule has 0 radical (unpaired) electrons. The molecule has 0 saturated carbocycles. The highest BCUT2D eigenvalue weighted by molar-refractivity contribution is 5.60. The van der Waals surface area contributed by atoms with Crippen LogP contribution >= 0.6 is 0 Å². The zero-order valence-corrected chi connectivity index (χ0v) is 11.3. The SMILES string of the molecule is Cc1cc(C#N)nc(Nc2cc(C(F)(F)F)ccc2C)n1. The van der Waals surface area contributed by atoms with Crippen LogP contribution in [0.4, 0.5) is 24.8 Å². The molecule has 0 aliphatic rings. The predicted octanol–water partition coefficient (Wildman–Crippen LogP) is 3.73. The highest BCUT2D eigenvalue weighted by Gasteiger charge is 2.30. The van der Waals surface area contributed by atoms with E-state index < -0.39 is 11.7 Å². The van der Waals surface area contributed by atoms with Crippen molar-refractivity contribution in [3.63, 3.8) is 0 Å². The van der Waals surface area contributed by atoms with Gasteiger partial charge in [0, 0.05) is 11.4 Å². The summed E-state index contributed by atoms with van der Waals surface area (Å²) in [4.78, 5) is 7.97. The van der Waals surface area contributed by atoms with Crippen molar-refractivity contribution < 1.29 is 13.2 Å². The van der Waals surface area contributed by atoms with Crippen molar-refractivity contribution in [1.82, 2.24) is 9.97 Å².